The van der Waals surface area contributed by atoms with Crippen molar-refractivity contribution in [3.63, 3.8) is 0 Å². The molecule has 74 valence electrons. The van der Waals surface area contributed by atoms with Gasteiger partial charge in [-0.25, -0.2) is 0 Å². The van der Waals surface area contributed by atoms with Gasteiger partial charge >= 0.3 is 5.97 Å². The molecule has 0 bridgehead atoms. The van der Waals surface area contributed by atoms with Crippen molar-refractivity contribution in [3.8, 4) is 0 Å². The molecule has 2 unspecified atom stereocenters. The molecule has 2 heteroatoms. The van der Waals surface area contributed by atoms with E-state index >= 15 is 0 Å². The Balaban J connectivity index is 1.99. The van der Waals surface area contributed by atoms with Crippen LogP contribution in [0.2, 0.25) is 0 Å². The Morgan fingerprint density at radius 3 is 2.23 bits per heavy atom. The lowest BCUT2D eigenvalue weighted by atomic mass is 9.65. The highest BCUT2D eigenvalue weighted by Crippen LogP contribution is 2.43. The maximum atomic E-state index is 11.0. The summed E-state index contributed by atoms with van der Waals surface area (Å²) in [5, 5.41) is 9.08. The minimum absolute atomic E-state index is 0.0148. The molecule has 0 heterocycles. The van der Waals surface area contributed by atoms with Crippen LogP contribution >= 0.6 is 0 Å². The third-order valence-electron chi connectivity index (χ3n) is 3.89. The molecular formula is C11H18O2. The summed E-state index contributed by atoms with van der Waals surface area (Å²) in [7, 11) is 0. The average Bonchev–Trinajstić information content (AvgIpc) is 2.02. The van der Waals surface area contributed by atoms with Crippen LogP contribution < -0.4 is 0 Å². The fourth-order valence-corrected chi connectivity index (χ4v) is 2.90. The molecule has 2 rings (SSSR count). The van der Waals surface area contributed by atoms with Crippen molar-refractivity contribution < 1.29 is 9.90 Å². The zero-order valence-electron chi connectivity index (χ0n) is 8.04. The molecule has 0 saturated heterocycles. The number of hydrogen-bond acceptors (Lipinski definition) is 1. The van der Waals surface area contributed by atoms with Gasteiger partial charge < -0.3 is 5.11 Å². The van der Waals surface area contributed by atoms with E-state index in [9.17, 15) is 4.79 Å². The van der Waals surface area contributed by atoms with Gasteiger partial charge in [0.05, 0.1) is 5.92 Å². The summed E-state index contributed by atoms with van der Waals surface area (Å²) in [6.07, 6.45) is 8.37. The van der Waals surface area contributed by atoms with E-state index in [2.05, 4.69) is 0 Å². The average molecular weight is 182 g/mol. The monoisotopic (exact) mass is 182 g/mol. The highest BCUT2D eigenvalue weighted by Gasteiger charge is 2.38. The second kappa shape index (κ2) is 3.69. The molecule has 0 radical (unpaired) electrons. The lowest BCUT2D eigenvalue weighted by molar-refractivity contribution is -0.146. The fraction of sp³-hybridized carbons (Fsp3) is 0.909. The minimum Gasteiger partial charge on any atom is -0.481 e. The molecule has 2 aliphatic rings. The summed E-state index contributed by atoms with van der Waals surface area (Å²) in [5.74, 6) is 0.706. The molecule has 0 aromatic carbocycles. The predicted octanol–water partition coefficient (Wildman–Crippen LogP) is 2.68. The Kier molecular flexibility index (Phi) is 2.56. The van der Waals surface area contributed by atoms with Crippen LogP contribution in [0.4, 0.5) is 0 Å². The van der Waals surface area contributed by atoms with Crippen LogP contribution in [0.1, 0.15) is 44.9 Å². The van der Waals surface area contributed by atoms with Gasteiger partial charge in [0.2, 0.25) is 0 Å². The van der Waals surface area contributed by atoms with Gasteiger partial charge in [0.25, 0.3) is 0 Å². The van der Waals surface area contributed by atoms with Crippen LogP contribution in [-0.4, -0.2) is 11.1 Å². The van der Waals surface area contributed by atoms with E-state index in [1.54, 1.807) is 0 Å². The van der Waals surface area contributed by atoms with Gasteiger partial charge in [-0.15, -0.1) is 0 Å². The van der Waals surface area contributed by atoms with E-state index in [0.717, 1.165) is 18.8 Å². The van der Waals surface area contributed by atoms with E-state index in [1.807, 2.05) is 0 Å². The number of carbonyl (C=O) groups is 1. The van der Waals surface area contributed by atoms with Crippen LogP contribution in [0, 0.1) is 17.8 Å². The van der Waals surface area contributed by atoms with Crippen LogP contribution in [0.25, 0.3) is 0 Å². The van der Waals surface area contributed by atoms with Crippen molar-refractivity contribution in [1.82, 2.24) is 0 Å². The van der Waals surface area contributed by atoms with Gasteiger partial charge in [-0.1, -0.05) is 32.1 Å². The van der Waals surface area contributed by atoms with Crippen molar-refractivity contribution in [1.29, 1.82) is 0 Å². The fourth-order valence-electron chi connectivity index (χ4n) is 2.90. The maximum Gasteiger partial charge on any atom is 0.306 e. The van der Waals surface area contributed by atoms with Gasteiger partial charge in [0.15, 0.2) is 0 Å². The highest BCUT2D eigenvalue weighted by molar-refractivity contribution is 5.70. The zero-order valence-corrected chi connectivity index (χ0v) is 8.04. The predicted molar refractivity (Wildman–Crippen MR) is 50.4 cm³/mol. The van der Waals surface area contributed by atoms with Crippen LogP contribution in [0.15, 0.2) is 0 Å². The molecule has 2 aliphatic carbocycles. The van der Waals surface area contributed by atoms with Crippen LogP contribution in [-0.2, 0) is 4.79 Å². The summed E-state index contributed by atoms with van der Waals surface area (Å²) >= 11 is 0. The summed E-state index contributed by atoms with van der Waals surface area (Å²) < 4.78 is 0. The molecule has 0 amide bonds. The first-order valence-electron chi connectivity index (χ1n) is 5.52. The molecule has 2 fully saturated rings. The van der Waals surface area contributed by atoms with Crippen molar-refractivity contribution in [2.45, 2.75) is 44.9 Å². The van der Waals surface area contributed by atoms with E-state index in [-0.39, 0.29) is 5.92 Å². The normalized spacial score (nSPS) is 35.4. The summed E-state index contributed by atoms with van der Waals surface area (Å²) in [5.41, 5.74) is 0. The molecule has 13 heavy (non-hydrogen) atoms. The van der Waals surface area contributed by atoms with Crippen molar-refractivity contribution >= 4 is 5.97 Å². The quantitative estimate of drug-likeness (QED) is 0.713. The molecule has 2 atom stereocenters. The first kappa shape index (κ1) is 9.04. The van der Waals surface area contributed by atoms with E-state index in [4.69, 9.17) is 5.11 Å². The van der Waals surface area contributed by atoms with Gasteiger partial charge in [-0.2, -0.15) is 0 Å². The van der Waals surface area contributed by atoms with E-state index in [1.165, 1.54) is 32.1 Å². The molecule has 2 nitrogen and oxygen atoms in total. The van der Waals surface area contributed by atoms with Crippen molar-refractivity contribution in [3.05, 3.63) is 0 Å². The molecule has 0 aromatic rings. The Bertz CT molecular complexity index is 196. The summed E-state index contributed by atoms with van der Waals surface area (Å²) in [6.45, 7) is 0. The summed E-state index contributed by atoms with van der Waals surface area (Å²) in [4.78, 5) is 11.0. The second-order valence-corrected chi connectivity index (χ2v) is 4.58. The Morgan fingerprint density at radius 2 is 1.69 bits per heavy atom. The smallest absolute Gasteiger partial charge is 0.306 e. The van der Waals surface area contributed by atoms with Crippen molar-refractivity contribution in [2.75, 3.05) is 0 Å². The minimum atomic E-state index is -0.545. The maximum absolute atomic E-state index is 11.0. The second-order valence-electron chi connectivity index (χ2n) is 4.58. The molecule has 0 spiro atoms. The number of aliphatic carboxylic acids is 1. The summed E-state index contributed by atoms with van der Waals surface area (Å²) in [6, 6.07) is 0. The molecule has 0 aromatic heterocycles. The van der Waals surface area contributed by atoms with Crippen LogP contribution in [0.3, 0.4) is 0 Å². The molecule has 2 saturated carbocycles. The van der Waals surface area contributed by atoms with Crippen LogP contribution in [0.5, 0.6) is 0 Å². The Labute approximate surface area is 79.3 Å². The highest BCUT2D eigenvalue weighted by atomic mass is 16.4. The zero-order chi connectivity index (χ0) is 9.26. The molecule has 0 aliphatic heterocycles. The number of hydrogen-bond donors (Lipinski definition) is 1. The number of carboxylic acid groups (broad SMARTS) is 1. The van der Waals surface area contributed by atoms with E-state index in [0.29, 0.717) is 5.92 Å². The third-order valence-corrected chi connectivity index (χ3v) is 3.89. The van der Waals surface area contributed by atoms with E-state index < -0.39 is 5.97 Å². The molecule has 1 N–H and O–H groups in total. The number of rotatable bonds is 2. The van der Waals surface area contributed by atoms with Gasteiger partial charge in [0.1, 0.15) is 0 Å². The largest absolute Gasteiger partial charge is 0.481 e. The lowest BCUT2D eigenvalue weighted by Gasteiger charge is -2.39. The van der Waals surface area contributed by atoms with Gasteiger partial charge in [-0.05, 0) is 24.7 Å². The number of carboxylic acids is 1. The topological polar surface area (TPSA) is 37.3 Å². The third kappa shape index (κ3) is 1.72. The first-order valence-corrected chi connectivity index (χ1v) is 5.52. The Morgan fingerprint density at radius 1 is 1.00 bits per heavy atom. The van der Waals surface area contributed by atoms with Crippen molar-refractivity contribution in [2.24, 2.45) is 17.8 Å². The first-order chi connectivity index (χ1) is 6.29. The Hall–Kier alpha value is -0.530. The standard InChI is InChI=1S/C11H18O2/c12-11(13)10-7-2-1-6-9(10)8-4-3-5-8/h8-10H,1-7H2,(H,12,13). The van der Waals surface area contributed by atoms with Gasteiger partial charge in [-0.3, -0.25) is 4.79 Å². The SMILES string of the molecule is O=C(O)C1CCCCC1C1CCC1. The molecular weight excluding hydrogens is 164 g/mol. The van der Waals surface area contributed by atoms with Gasteiger partial charge in [0, 0.05) is 0 Å². The lowest BCUT2D eigenvalue weighted by Crippen LogP contribution is -2.35.